The van der Waals surface area contributed by atoms with Crippen molar-refractivity contribution in [3.63, 3.8) is 0 Å². The third kappa shape index (κ3) is 6.49. The summed E-state index contributed by atoms with van der Waals surface area (Å²) in [6.07, 6.45) is -3.54. The van der Waals surface area contributed by atoms with Gasteiger partial charge in [0.05, 0.1) is 6.10 Å². The van der Waals surface area contributed by atoms with Crippen LogP contribution in [0.4, 0.5) is 13.2 Å². The number of likely N-dealkylation sites (tertiary alicyclic amines) is 1. The summed E-state index contributed by atoms with van der Waals surface area (Å²) in [7, 11) is 3.39. The molecule has 0 unspecified atom stereocenters. The third-order valence-corrected chi connectivity index (χ3v) is 4.49. The average molecular weight is 374 g/mol. The minimum absolute atomic E-state index is 0.00243. The van der Waals surface area contributed by atoms with Crippen LogP contribution in [0.5, 0.6) is 5.75 Å². The molecule has 1 N–H and O–H groups in total. The fraction of sp³-hybridized carbons (Fsp3) is 0.611. The van der Waals surface area contributed by atoms with E-state index in [1.165, 1.54) is 17.0 Å². The van der Waals surface area contributed by atoms with Gasteiger partial charge in [0.25, 0.3) is 0 Å². The Morgan fingerprint density at radius 2 is 2.08 bits per heavy atom. The molecule has 8 heteroatoms. The minimum atomic E-state index is -4.69. The number of rotatable bonds is 7. The van der Waals surface area contributed by atoms with Gasteiger partial charge in [-0.05, 0) is 37.1 Å². The number of benzene rings is 1. The molecule has 1 aromatic carbocycles. The van der Waals surface area contributed by atoms with Crippen LogP contribution in [0.15, 0.2) is 24.3 Å². The van der Waals surface area contributed by atoms with Gasteiger partial charge in [0.2, 0.25) is 5.91 Å². The largest absolute Gasteiger partial charge is 0.573 e. The number of aliphatic hydroxyl groups is 1. The van der Waals surface area contributed by atoms with Gasteiger partial charge in [-0.2, -0.15) is 0 Å². The molecule has 0 radical (unpaired) electrons. The average Bonchev–Trinajstić information content (AvgIpc) is 2.85. The smallest absolute Gasteiger partial charge is 0.406 e. The number of hydrogen-bond acceptors (Lipinski definition) is 4. The van der Waals surface area contributed by atoms with Gasteiger partial charge in [-0.25, -0.2) is 0 Å². The molecular formula is C18H25F3N2O3. The summed E-state index contributed by atoms with van der Waals surface area (Å²) in [5, 5.41) is 10.1. The number of β-amino-alcohol motifs (C(OH)–C–C–N with tert-alkyl or cyclic N) is 1. The van der Waals surface area contributed by atoms with Crippen LogP contribution in [0, 0.1) is 5.92 Å². The predicted molar refractivity (Wildman–Crippen MR) is 90.7 cm³/mol. The molecule has 1 fully saturated rings. The zero-order valence-corrected chi connectivity index (χ0v) is 15.0. The topological polar surface area (TPSA) is 53.0 Å². The van der Waals surface area contributed by atoms with Gasteiger partial charge in [-0.3, -0.25) is 4.79 Å². The number of aliphatic hydroxyl groups excluding tert-OH is 1. The fourth-order valence-corrected chi connectivity index (χ4v) is 3.14. The van der Waals surface area contributed by atoms with Crippen LogP contribution in [0.25, 0.3) is 0 Å². The molecule has 1 saturated heterocycles. The highest BCUT2D eigenvalue weighted by atomic mass is 19.4. The maximum absolute atomic E-state index is 12.3. The second-order valence-corrected chi connectivity index (χ2v) is 6.88. The summed E-state index contributed by atoms with van der Waals surface area (Å²) < 4.78 is 40.7. The summed E-state index contributed by atoms with van der Waals surface area (Å²) in [4.78, 5) is 15.4. The van der Waals surface area contributed by atoms with E-state index in [-0.39, 0.29) is 17.6 Å². The summed E-state index contributed by atoms with van der Waals surface area (Å²) in [5.41, 5.74) is 0.769. The third-order valence-electron chi connectivity index (χ3n) is 4.49. The molecule has 1 amide bonds. The van der Waals surface area contributed by atoms with Gasteiger partial charge in [0.15, 0.2) is 0 Å². The first kappa shape index (κ1) is 20.5. The molecule has 1 aliphatic rings. The maximum Gasteiger partial charge on any atom is 0.573 e. The zero-order chi connectivity index (χ0) is 19.3. The SMILES string of the molecule is CN(C)C(=O)C[C@@H]1CN(CCCc2cccc(OC(F)(F)F)c2)C[C@H]1O. The first-order chi connectivity index (χ1) is 12.1. The lowest BCUT2D eigenvalue weighted by atomic mass is 10.0. The number of carbonyl (C=O) groups excluding carboxylic acids is 1. The van der Waals surface area contributed by atoms with Crippen molar-refractivity contribution in [3.05, 3.63) is 29.8 Å². The molecule has 0 saturated carbocycles. The van der Waals surface area contributed by atoms with Crippen LogP contribution in [-0.4, -0.2) is 67.0 Å². The number of amides is 1. The Hall–Kier alpha value is -1.80. The van der Waals surface area contributed by atoms with Crippen molar-refractivity contribution < 1.29 is 27.8 Å². The van der Waals surface area contributed by atoms with Crippen LogP contribution >= 0.6 is 0 Å². The molecule has 1 heterocycles. The maximum atomic E-state index is 12.3. The van der Waals surface area contributed by atoms with Crippen molar-refractivity contribution in [1.29, 1.82) is 0 Å². The van der Waals surface area contributed by atoms with Crippen LogP contribution in [0.2, 0.25) is 0 Å². The lowest BCUT2D eigenvalue weighted by Gasteiger charge is -2.17. The van der Waals surface area contributed by atoms with Gasteiger partial charge in [-0.15, -0.1) is 13.2 Å². The van der Waals surface area contributed by atoms with Gasteiger partial charge >= 0.3 is 6.36 Å². The normalized spacial score (nSPS) is 21.0. The van der Waals surface area contributed by atoms with E-state index in [0.29, 0.717) is 32.5 Å². The molecule has 2 rings (SSSR count). The summed E-state index contributed by atoms with van der Waals surface area (Å²) in [6.45, 7) is 1.88. The van der Waals surface area contributed by atoms with Crippen molar-refractivity contribution in [3.8, 4) is 5.75 Å². The van der Waals surface area contributed by atoms with Crippen LogP contribution in [0.3, 0.4) is 0 Å². The fourth-order valence-electron chi connectivity index (χ4n) is 3.14. The summed E-state index contributed by atoms with van der Waals surface area (Å²) in [6, 6.07) is 5.98. The van der Waals surface area contributed by atoms with E-state index < -0.39 is 12.5 Å². The number of hydrogen-bond donors (Lipinski definition) is 1. The molecular weight excluding hydrogens is 349 g/mol. The number of aryl methyl sites for hydroxylation is 1. The number of ether oxygens (including phenoxy) is 1. The van der Waals surface area contributed by atoms with E-state index in [9.17, 15) is 23.1 Å². The van der Waals surface area contributed by atoms with Crippen LogP contribution in [-0.2, 0) is 11.2 Å². The molecule has 26 heavy (non-hydrogen) atoms. The number of carbonyl (C=O) groups is 1. The first-order valence-electron chi connectivity index (χ1n) is 8.59. The van der Waals surface area contributed by atoms with E-state index in [2.05, 4.69) is 9.64 Å². The molecule has 0 aliphatic carbocycles. The molecule has 0 aromatic heterocycles. The zero-order valence-electron chi connectivity index (χ0n) is 15.0. The molecule has 146 valence electrons. The molecule has 1 aromatic rings. The van der Waals surface area contributed by atoms with Gasteiger partial charge in [0, 0.05) is 39.5 Å². The first-order valence-corrected chi connectivity index (χ1v) is 8.59. The van der Waals surface area contributed by atoms with Crippen molar-refractivity contribution in [2.75, 3.05) is 33.7 Å². The van der Waals surface area contributed by atoms with Crippen molar-refractivity contribution in [1.82, 2.24) is 9.80 Å². The van der Waals surface area contributed by atoms with Crippen LogP contribution in [0.1, 0.15) is 18.4 Å². The number of nitrogens with zero attached hydrogens (tertiary/aromatic N) is 2. The lowest BCUT2D eigenvalue weighted by molar-refractivity contribution is -0.274. The van der Waals surface area contributed by atoms with Crippen molar-refractivity contribution >= 4 is 5.91 Å². The molecule has 1 aliphatic heterocycles. The standard InChI is InChI=1S/C18H25F3N2O3/c1-22(2)17(25)10-14-11-23(12-16(14)24)8-4-6-13-5-3-7-15(9-13)26-18(19,20)21/h3,5,7,9,14,16,24H,4,6,8,10-12H2,1-2H3/t14-,16-/m1/s1. The van der Waals surface area contributed by atoms with E-state index >= 15 is 0 Å². The molecule has 5 nitrogen and oxygen atoms in total. The lowest BCUT2D eigenvalue weighted by Crippen LogP contribution is -2.28. The number of halogens is 3. The highest BCUT2D eigenvalue weighted by molar-refractivity contribution is 5.75. The highest BCUT2D eigenvalue weighted by Crippen LogP contribution is 2.24. The Labute approximate surface area is 151 Å². The number of alkyl halides is 3. The Morgan fingerprint density at radius 3 is 2.73 bits per heavy atom. The van der Waals surface area contributed by atoms with E-state index in [0.717, 1.165) is 12.0 Å². The van der Waals surface area contributed by atoms with E-state index in [1.807, 2.05) is 0 Å². The monoisotopic (exact) mass is 374 g/mol. The van der Waals surface area contributed by atoms with E-state index in [1.54, 1.807) is 26.2 Å². The predicted octanol–water partition coefficient (Wildman–Crippen LogP) is 2.29. The van der Waals surface area contributed by atoms with Gasteiger partial charge in [0.1, 0.15) is 5.75 Å². The second kappa shape index (κ2) is 8.73. The highest BCUT2D eigenvalue weighted by Gasteiger charge is 2.33. The Bertz CT molecular complexity index is 608. The van der Waals surface area contributed by atoms with Crippen LogP contribution < -0.4 is 4.74 Å². The summed E-state index contributed by atoms with van der Waals surface area (Å²) >= 11 is 0. The van der Waals surface area contributed by atoms with Crippen molar-refractivity contribution in [2.24, 2.45) is 5.92 Å². The van der Waals surface area contributed by atoms with Gasteiger partial charge in [-0.1, -0.05) is 12.1 Å². The van der Waals surface area contributed by atoms with Gasteiger partial charge < -0.3 is 19.6 Å². The molecule has 0 bridgehead atoms. The van der Waals surface area contributed by atoms with E-state index in [4.69, 9.17) is 0 Å². The van der Waals surface area contributed by atoms with Crippen molar-refractivity contribution in [2.45, 2.75) is 31.7 Å². The minimum Gasteiger partial charge on any atom is -0.406 e. The second-order valence-electron chi connectivity index (χ2n) is 6.88. The Balaban J connectivity index is 1.78. The Morgan fingerprint density at radius 1 is 1.35 bits per heavy atom. The molecule has 2 atom stereocenters. The molecule has 0 spiro atoms. The Kier molecular flexibility index (Phi) is 6.88. The summed E-state index contributed by atoms with van der Waals surface area (Å²) in [5.74, 6) is -0.292. The quantitative estimate of drug-likeness (QED) is 0.796.